The summed E-state index contributed by atoms with van der Waals surface area (Å²) in [7, 11) is -3.98. The molecule has 2 aromatic rings. The monoisotopic (exact) mass is 330 g/mol. The summed E-state index contributed by atoms with van der Waals surface area (Å²) >= 11 is 5.82. The van der Waals surface area contributed by atoms with E-state index in [1.54, 1.807) is 13.8 Å². The first-order valence-corrected chi connectivity index (χ1v) is 7.57. The predicted molar refractivity (Wildman–Crippen MR) is 77.0 cm³/mol. The Morgan fingerprint density at radius 3 is 2.52 bits per heavy atom. The molecule has 0 saturated heterocycles. The van der Waals surface area contributed by atoms with Crippen molar-refractivity contribution in [3.8, 4) is 0 Å². The van der Waals surface area contributed by atoms with Crippen molar-refractivity contribution in [1.29, 1.82) is 0 Å². The van der Waals surface area contributed by atoms with Crippen LogP contribution in [0.2, 0.25) is 5.02 Å². The highest BCUT2D eigenvalue weighted by Gasteiger charge is 2.22. The van der Waals surface area contributed by atoms with Crippen molar-refractivity contribution in [2.24, 2.45) is 0 Å². The Hall–Kier alpha value is -2.13. The summed E-state index contributed by atoms with van der Waals surface area (Å²) in [5.74, 6) is 0.155. The zero-order valence-corrected chi connectivity index (χ0v) is 12.6. The van der Waals surface area contributed by atoms with E-state index in [4.69, 9.17) is 11.6 Å². The van der Waals surface area contributed by atoms with Crippen LogP contribution in [0.1, 0.15) is 11.3 Å². The molecule has 112 valence electrons. The number of hydrogen-bond acceptors (Lipinski definition) is 5. The minimum absolute atomic E-state index is 0.155. The van der Waals surface area contributed by atoms with E-state index in [-0.39, 0.29) is 21.4 Å². The van der Waals surface area contributed by atoms with Crippen LogP contribution in [0, 0.1) is 24.0 Å². The number of aryl methyl sites for hydroxylation is 1. The van der Waals surface area contributed by atoms with Gasteiger partial charge in [-0.3, -0.25) is 19.9 Å². The number of sulfonamides is 1. The van der Waals surface area contributed by atoms with Crippen LogP contribution in [-0.4, -0.2) is 23.5 Å². The molecule has 0 amide bonds. The van der Waals surface area contributed by atoms with E-state index in [0.29, 0.717) is 5.56 Å². The van der Waals surface area contributed by atoms with Crippen molar-refractivity contribution in [1.82, 2.24) is 10.2 Å². The Labute approximate surface area is 125 Å². The van der Waals surface area contributed by atoms with Crippen molar-refractivity contribution in [3.05, 3.63) is 44.6 Å². The number of benzene rings is 1. The lowest BCUT2D eigenvalue weighted by Crippen LogP contribution is -2.14. The van der Waals surface area contributed by atoms with Crippen LogP contribution in [0.4, 0.5) is 11.5 Å². The van der Waals surface area contributed by atoms with Gasteiger partial charge in [0.1, 0.15) is 4.90 Å². The van der Waals surface area contributed by atoms with Crippen molar-refractivity contribution in [2.75, 3.05) is 4.72 Å². The second kappa shape index (κ2) is 5.34. The molecule has 1 aromatic heterocycles. The molecule has 0 bridgehead atoms. The van der Waals surface area contributed by atoms with Gasteiger partial charge >= 0.3 is 0 Å². The maximum atomic E-state index is 12.2. The number of non-ortho nitro benzene ring substituents is 1. The van der Waals surface area contributed by atoms with Crippen molar-refractivity contribution >= 4 is 33.1 Å². The first-order chi connectivity index (χ1) is 9.72. The largest absolute Gasteiger partial charge is 0.280 e. The second-order valence-corrected chi connectivity index (χ2v) is 6.36. The van der Waals surface area contributed by atoms with Gasteiger partial charge in [-0.1, -0.05) is 11.6 Å². The van der Waals surface area contributed by atoms with Gasteiger partial charge in [-0.25, -0.2) is 8.42 Å². The third-order valence-electron chi connectivity index (χ3n) is 2.90. The van der Waals surface area contributed by atoms with Crippen LogP contribution in [0.5, 0.6) is 0 Å². The molecule has 0 spiro atoms. The zero-order valence-electron chi connectivity index (χ0n) is 11.0. The Bertz CT molecular complexity index is 816. The van der Waals surface area contributed by atoms with Gasteiger partial charge in [0.25, 0.3) is 15.7 Å². The van der Waals surface area contributed by atoms with Crippen LogP contribution in [0.25, 0.3) is 0 Å². The van der Waals surface area contributed by atoms with E-state index in [0.717, 1.165) is 23.9 Å². The van der Waals surface area contributed by atoms with Crippen LogP contribution < -0.4 is 4.72 Å². The topological polar surface area (TPSA) is 118 Å². The number of hydrogen-bond donors (Lipinski definition) is 2. The minimum atomic E-state index is -3.98. The summed E-state index contributed by atoms with van der Waals surface area (Å²) in [6.45, 7) is 3.45. The first-order valence-electron chi connectivity index (χ1n) is 5.70. The third kappa shape index (κ3) is 2.98. The Morgan fingerprint density at radius 2 is 2.05 bits per heavy atom. The molecule has 1 heterocycles. The quantitative estimate of drug-likeness (QED) is 0.659. The van der Waals surface area contributed by atoms with E-state index >= 15 is 0 Å². The number of rotatable bonds is 4. The van der Waals surface area contributed by atoms with Gasteiger partial charge in [0.15, 0.2) is 5.82 Å². The zero-order chi connectivity index (χ0) is 15.8. The molecule has 8 nitrogen and oxygen atoms in total. The number of aromatic amines is 1. The summed E-state index contributed by atoms with van der Waals surface area (Å²) in [6.07, 6.45) is 0. The molecule has 0 aliphatic carbocycles. The molecular weight excluding hydrogens is 320 g/mol. The molecule has 0 radical (unpaired) electrons. The normalized spacial score (nSPS) is 11.4. The number of aromatic nitrogens is 2. The van der Waals surface area contributed by atoms with Crippen molar-refractivity contribution < 1.29 is 13.3 Å². The lowest BCUT2D eigenvalue weighted by atomic mass is 10.3. The fourth-order valence-electron chi connectivity index (χ4n) is 1.59. The van der Waals surface area contributed by atoms with Gasteiger partial charge in [0, 0.05) is 23.4 Å². The van der Waals surface area contributed by atoms with Crippen molar-refractivity contribution in [3.63, 3.8) is 0 Å². The first kappa shape index (κ1) is 15.3. The molecule has 2 N–H and O–H groups in total. The van der Waals surface area contributed by atoms with Gasteiger partial charge in [-0.05, 0) is 19.9 Å². The maximum Gasteiger partial charge on any atom is 0.271 e. The SMILES string of the molecule is Cc1[nH]nc(NS(=O)(=O)c2ccc([N+](=O)[O-])cc2Cl)c1C. The minimum Gasteiger partial charge on any atom is -0.280 e. The summed E-state index contributed by atoms with van der Waals surface area (Å²) in [4.78, 5) is 9.71. The Balaban J connectivity index is 2.40. The highest BCUT2D eigenvalue weighted by molar-refractivity contribution is 7.92. The lowest BCUT2D eigenvalue weighted by molar-refractivity contribution is -0.384. The van der Waals surface area contributed by atoms with Gasteiger partial charge in [-0.2, -0.15) is 5.10 Å². The van der Waals surface area contributed by atoms with Gasteiger partial charge < -0.3 is 0 Å². The molecule has 21 heavy (non-hydrogen) atoms. The number of halogens is 1. The predicted octanol–water partition coefficient (Wildman–Crippen LogP) is 2.39. The molecule has 2 rings (SSSR count). The molecule has 0 aliphatic rings. The van der Waals surface area contributed by atoms with E-state index in [1.807, 2.05) is 0 Å². The fraction of sp³-hybridized carbons (Fsp3) is 0.182. The average molecular weight is 331 g/mol. The van der Waals surface area contributed by atoms with Gasteiger partial charge in [-0.15, -0.1) is 0 Å². The molecule has 0 atom stereocenters. The molecule has 0 saturated carbocycles. The van der Waals surface area contributed by atoms with Crippen LogP contribution in [-0.2, 0) is 10.0 Å². The van der Waals surface area contributed by atoms with E-state index in [9.17, 15) is 18.5 Å². The summed E-state index contributed by atoms with van der Waals surface area (Å²) in [6, 6.07) is 3.14. The van der Waals surface area contributed by atoms with E-state index in [1.165, 1.54) is 0 Å². The molecule has 1 aromatic carbocycles. The average Bonchev–Trinajstić information content (AvgIpc) is 2.69. The van der Waals surface area contributed by atoms with Crippen molar-refractivity contribution in [2.45, 2.75) is 18.7 Å². The van der Waals surface area contributed by atoms with Gasteiger partial charge in [0.2, 0.25) is 0 Å². The lowest BCUT2D eigenvalue weighted by Gasteiger charge is -2.08. The highest BCUT2D eigenvalue weighted by atomic mass is 35.5. The molecule has 0 unspecified atom stereocenters. The summed E-state index contributed by atoms with van der Waals surface area (Å²) in [5, 5.41) is 16.9. The third-order valence-corrected chi connectivity index (χ3v) is 4.72. The summed E-state index contributed by atoms with van der Waals surface area (Å²) in [5.41, 5.74) is 1.09. The number of nitrogens with zero attached hydrogens (tertiary/aromatic N) is 2. The second-order valence-electron chi connectivity index (χ2n) is 4.30. The van der Waals surface area contributed by atoms with Crippen LogP contribution >= 0.6 is 11.6 Å². The summed E-state index contributed by atoms with van der Waals surface area (Å²) < 4.78 is 26.8. The Morgan fingerprint density at radius 1 is 1.38 bits per heavy atom. The van der Waals surface area contributed by atoms with Crippen LogP contribution in [0.3, 0.4) is 0 Å². The van der Waals surface area contributed by atoms with E-state index < -0.39 is 14.9 Å². The molecular formula is C11H11ClN4O4S. The van der Waals surface area contributed by atoms with Gasteiger partial charge in [0.05, 0.1) is 9.95 Å². The maximum absolute atomic E-state index is 12.2. The highest BCUT2D eigenvalue weighted by Crippen LogP contribution is 2.28. The number of nitro groups is 1. The standard InChI is InChI=1S/C11H11ClN4O4S/c1-6-7(2)13-14-11(6)15-21(19,20)10-4-3-8(16(17)18)5-9(10)12/h3-5H,1-2H3,(H2,13,14,15). The fourth-order valence-corrected chi connectivity index (χ4v) is 3.19. The number of H-pyrrole nitrogens is 1. The molecule has 10 heteroatoms. The number of nitrogens with one attached hydrogen (secondary N) is 2. The van der Waals surface area contributed by atoms with Crippen LogP contribution in [0.15, 0.2) is 23.1 Å². The molecule has 0 aliphatic heterocycles. The number of anilines is 1. The smallest absolute Gasteiger partial charge is 0.271 e. The molecule has 0 fully saturated rings. The Kier molecular flexibility index (Phi) is 3.88. The number of nitro benzene ring substituents is 1. The van der Waals surface area contributed by atoms with E-state index in [2.05, 4.69) is 14.9 Å².